The fraction of sp³-hybridized carbons (Fsp3) is 0.321. The van der Waals surface area contributed by atoms with Crippen LogP contribution in [0.1, 0.15) is 71.0 Å². The minimum absolute atomic E-state index is 0.0796. The number of benzene rings is 2. The summed E-state index contributed by atoms with van der Waals surface area (Å²) in [7, 11) is 0. The van der Waals surface area contributed by atoms with E-state index in [1.807, 2.05) is 30.3 Å². The number of carboxylic acids is 1. The third-order valence-electron chi connectivity index (χ3n) is 6.41. The largest absolute Gasteiger partial charge is 0.478 e. The van der Waals surface area contributed by atoms with Crippen molar-refractivity contribution in [2.24, 2.45) is 5.10 Å². The summed E-state index contributed by atoms with van der Waals surface area (Å²) in [5.74, 6) is -0.876. The number of aryl methyl sites for hydroxylation is 1. The Bertz CT molecular complexity index is 1370. The lowest BCUT2D eigenvalue weighted by atomic mass is 10.1. The number of carbonyl (C=O) groups is 3. The highest BCUT2D eigenvalue weighted by Crippen LogP contribution is 2.33. The number of rotatable bonds is 13. The number of aromatic amines is 1. The smallest absolute Gasteiger partial charge is 0.335 e. The van der Waals surface area contributed by atoms with Crippen LogP contribution in [-0.4, -0.2) is 50.9 Å². The van der Waals surface area contributed by atoms with E-state index in [0.717, 1.165) is 54.0 Å². The molecule has 2 aromatic carbocycles. The molecule has 1 aliphatic rings. The lowest BCUT2D eigenvalue weighted by Crippen LogP contribution is -2.32. The van der Waals surface area contributed by atoms with E-state index in [1.54, 1.807) is 28.8 Å². The Labute approximate surface area is 231 Å². The Morgan fingerprint density at radius 3 is 2.59 bits per heavy atom. The molecular weight excluding hydrogens is 516 g/mol. The van der Waals surface area contributed by atoms with E-state index in [9.17, 15) is 14.4 Å². The fourth-order valence-corrected chi connectivity index (χ4v) is 5.24. The van der Waals surface area contributed by atoms with E-state index >= 15 is 0 Å². The van der Waals surface area contributed by atoms with E-state index < -0.39 is 11.9 Å². The minimum atomic E-state index is -0.944. The van der Waals surface area contributed by atoms with Gasteiger partial charge in [-0.1, -0.05) is 44.7 Å². The number of nitrogens with zero attached hydrogens (tertiary/aromatic N) is 3. The first-order valence-corrected chi connectivity index (χ1v) is 14.0. The molecule has 3 aromatic rings. The van der Waals surface area contributed by atoms with Gasteiger partial charge < -0.3 is 20.7 Å². The summed E-state index contributed by atoms with van der Waals surface area (Å²) < 4.78 is 0. The first kappa shape index (κ1) is 27.9. The molecule has 0 bridgehead atoms. The molecule has 0 aliphatic carbocycles. The minimum Gasteiger partial charge on any atom is -0.478 e. The number of nitrogen functional groups attached to an aromatic ring is 1. The number of hydrogen-bond donors (Lipinski definition) is 4. The second kappa shape index (κ2) is 13.1. The maximum absolute atomic E-state index is 13.4. The number of unbranched alkanes of at least 4 members (excludes halogenated alkanes) is 4. The molecule has 204 valence electrons. The molecular formula is C28H32N6O4S. The number of amides is 2. The summed E-state index contributed by atoms with van der Waals surface area (Å²) in [4.78, 5) is 46.1. The van der Waals surface area contributed by atoms with Gasteiger partial charge in [0, 0.05) is 29.0 Å². The molecule has 2 amide bonds. The highest BCUT2D eigenvalue weighted by atomic mass is 32.2. The Hall–Kier alpha value is -4.12. The summed E-state index contributed by atoms with van der Waals surface area (Å²) in [6.07, 6.45) is 7.51. The Kier molecular flexibility index (Phi) is 9.37. The van der Waals surface area contributed by atoms with Crippen LogP contribution in [0.4, 0.5) is 11.6 Å². The van der Waals surface area contributed by atoms with E-state index in [2.05, 4.69) is 27.4 Å². The number of nitrogens with two attached hydrogens (primary N) is 1. The molecule has 0 atom stereocenters. The van der Waals surface area contributed by atoms with E-state index in [4.69, 9.17) is 10.8 Å². The first-order valence-electron chi connectivity index (χ1n) is 13.0. The van der Waals surface area contributed by atoms with Gasteiger partial charge in [0.25, 0.3) is 11.8 Å². The lowest BCUT2D eigenvalue weighted by Gasteiger charge is -2.17. The number of anilines is 2. The number of aromatic carboxylic acids is 1. The van der Waals surface area contributed by atoms with Crippen molar-refractivity contribution in [3.63, 3.8) is 0 Å². The summed E-state index contributed by atoms with van der Waals surface area (Å²) >= 11 is 1.63. The van der Waals surface area contributed by atoms with Crippen molar-refractivity contribution >= 4 is 46.9 Å². The van der Waals surface area contributed by atoms with Crippen molar-refractivity contribution in [1.82, 2.24) is 15.4 Å². The van der Waals surface area contributed by atoms with Gasteiger partial charge >= 0.3 is 5.97 Å². The molecule has 1 aromatic heterocycles. The zero-order valence-corrected chi connectivity index (χ0v) is 22.6. The number of hydrazone groups is 1. The third kappa shape index (κ3) is 7.05. The SMILES string of the molecule is CCCCCCCN1C(=O)C(=NNC(=O)c2c[nH]c(N)n2)c2cc(SCCc3ccc(C(=O)O)cc3)ccc21. The lowest BCUT2D eigenvalue weighted by molar-refractivity contribution is -0.112. The van der Waals surface area contributed by atoms with Crippen molar-refractivity contribution < 1.29 is 19.5 Å². The standard InChI is InChI=1S/C28H32N6O4S/c1-2-3-4-5-6-14-34-23-12-11-20(39-15-13-18-7-9-19(10-8-18)27(37)38)16-21(23)24(26(34)36)32-33-25(35)22-17-30-28(29)31-22/h7-12,16-17H,2-6,13-15H2,1H3,(H,33,35)(H,37,38)(H3,29,30,31). The molecule has 5 N–H and O–H groups in total. The first-order chi connectivity index (χ1) is 18.9. The van der Waals surface area contributed by atoms with Crippen LogP contribution in [0, 0.1) is 0 Å². The number of nitrogens with one attached hydrogen (secondary N) is 2. The Balaban J connectivity index is 1.48. The van der Waals surface area contributed by atoms with Crippen LogP contribution in [0.3, 0.4) is 0 Å². The number of imidazole rings is 1. The monoisotopic (exact) mass is 548 g/mol. The molecule has 0 fully saturated rings. The van der Waals surface area contributed by atoms with Crippen molar-refractivity contribution in [2.75, 3.05) is 22.9 Å². The van der Waals surface area contributed by atoms with Crippen molar-refractivity contribution in [1.29, 1.82) is 0 Å². The summed E-state index contributed by atoms with van der Waals surface area (Å²) in [6.45, 7) is 2.75. The quantitative estimate of drug-likeness (QED) is 0.140. The summed E-state index contributed by atoms with van der Waals surface area (Å²) in [5.41, 5.74) is 11.0. The number of aromatic nitrogens is 2. The molecule has 0 saturated carbocycles. The predicted molar refractivity (Wildman–Crippen MR) is 152 cm³/mol. The second-order valence-corrected chi connectivity index (χ2v) is 10.4. The van der Waals surface area contributed by atoms with Crippen molar-refractivity contribution in [3.8, 4) is 0 Å². The van der Waals surface area contributed by atoms with Gasteiger partial charge in [0.2, 0.25) is 0 Å². The molecule has 0 radical (unpaired) electrons. The van der Waals surface area contributed by atoms with Crippen LogP contribution >= 0.6 is 11.8 Å². The Morgan fingerprint density at radius 1 is 1.13 bits per heavy atom. The number of fused-ring (bicyclic) bond motifs is 1. The second-order valence-electron chi connectivity index (χ2n) is 9.22. The molecule has 1 aliphatic heterocycles. The zero-order valence-electron chi connectivity index (χ0n) is 21.8. The molecule has 39 heavy (non-hydrogen) atoms. The number of hydrogen-bond acceptors (Lipinski definition) is 7. The van der Waals surface area contributed by atoms with Gasteiger partial charge in [0.15, 0.2) is 11.7 Å². The van der Waals surface area contributed by atoms with Gasteiger partial charge in [0.1, 0.15) is 5.69 Å². The van der Waals surface area contributed by atoms with E-state index in [-0.39, 0.29) is 28.8 Å². The number of carbonyl (C=O) groups excluding carboxylic acids is 2. The third-order valence-corrected chi connectivity index (χ3v) is 7.40. The number of H-pyrrole nitrogens is 1. The van der Waals surface area contributed by atoms with Crippen LogP contribution in [0.2, 0.25) is 0 Å². The van der Waals surface area contributed by atoms with Gasteiger partial charge in [-0.15, -0.1) is 11.8 Å². The Morgan fingerprint density at radius 2 is 1.90 bits per heavy atom. The topological polar surface area (TPSA) is 154 Å². The van der Waals surface area contributed by atoms with E-state index in [1.165, 1.54) is 12.6 Å². The van der Waals surface area contributed by atoms with Gasteiger partial charge in [0.05, 0.1) is 11.3 Å². The van der Waals surface area contributed by atoms with Crippen LogP contribution in [0.15, 0.2) is 58.7 Å². The molecule has 10 nitrogen and oxygen atoms in total. The summed E-state index contributed by atoms with van der Waals surface area (Å²) in [5, 5.41) is 13.3. The average molecular weight is 549 g/mol. The van der Waals surface area contributed by atoms with Gasteiger partial charge in [-0.2, -0.15) is 5.10 Å². The maximum Gasteiger partial charge on any atom is 0.335 e. The van der Waals surface area contributed by atoms with Crippen LogP contribution < -0.4 is 16.1 Å². The van der Waals surface area contributed by atoms with Gasteiger partial charge in [-0.3, -0.25) is 9.59 Å². The number of carboxylic acid groups (broad SMARTS) is 1. The molecule has 4 rings (SSSR count). The zero-order chi connectivity index (χ0) is 27.8. The van der Waals surface area contributed by atoms with Gasteiger partial charge in [-0.05, 0) is 48.7 Å². The molecule has 0 spiro atoms. The molecule has 2 heterocycles. The molecule has 0 unspecified atom stereocenters. The van der Waals surface area contributed by atoms with Crippen molar-refractivity contribution in [2.45, 2.75) is 50.3 Å². The normalized spacial score (nSPS) is 13.6. The van der Waals surface area contributed by atoms with Crippen LogP contribution in [0.25, 0.3) is 0 Å². The number of thioether (sulfide) groups is 1. The fourth-order valence-electron chi connectivity index (χ4n) is 4.30. The van der Waals surface area contributed by atoms with E-state index in [0.29, 0.717) is 12.1 Å². The van der Waals surface area contributed by atoms with Crippen LogP contribution in [0.5, 0.6) is 0 Å². The predicted octanol–water partition coefficient (Wildman–Crippen LogP) is 4.48. The summed E-state index contributed by atoms with van der Waals surface area (Å²) in [6, 6.07) is 12.7. The molecule has 0 saturated heterocycles. The highest BCUT2D eigenvalue weighted by molar-refractivity contribution is 7.99. The maximum atomic E-state index is 13.4. The molecule has 11 heteroatoms. The van der Waals surface area contributed by atoms with Crippen molar-refractivity contribution in [3.05, 3.63) is 71.0 Å². The average Bonchev–Trinajstić information content (AvgIpc) is 3.48. The van der Waals surface area contributed by atoms with Gasteiger partial charge in [-0.25, -0.2) is 15.2 Å². The highest BCUT2D eigenvalue weighted by Gasteiger charge is 2.34. The van der Waals surface area contributed by atoms with Crippen LogP contribution in [-0.2, 0) is 11.2 Å².